The van der Waals surface area contributed by atoms with Crippen LogP contribution in [0.4, 0.5) is 0 Å². The molecule has 1 nitrogen and oxygen atoms in total. The molecule has 0 heterocycles. The van der Waals surface area contributed by atoms with Crippen molar-refractivity contribution in [3.8, 4) is 0 Å². The van der Waals surface area contributed by atoms with E-state index in [4.69, 9.17) is 11.6 Å². The standard InChI is InChI=1S/C12H7ClO/c13-12-7-3-4-9(8-14)10-5-1-2-6-11(10)12/h1-2,4-8H. The van der Waals surface area contributed by atoms with Gasteiger partial charge in [0.1, 0.15) is 0 Å². The number of benzene rings is 1. The molecule has 0 radical (unpaired) electrons. The van der Waals surface area contributed by atoms with Gasteiger partial charge in [0.2, 0.25) is 0 Å². The lowest BCUT2D eigenvalue weighted by atomic mass is 10.1. The van der Waals surface area contributed by atoms with Crippen LogP contribution in [-0.4, -0.2) is 6.29 Å². The summed E-state index contributed by atoms with van der Waals surface area (Å²) in [5, 5.41) is 2.33. The van der Waals surface area contributed by atoms with Crippen LogP contribution in [0.5, 0.6) is 0 Å². The highest BCUT2D eigenvalue weighted by molar-refractivity contribution is 6.47. The Labute approximate surface area is 86.3 Å². The van der Waals surface area contributed by atoms with Gasteiger partial charge in [-0.25, -0.2) is 0 Å². The molecule has 1 aromatic rings. The molecule has 0 saturated carbocycles. The molecular weight excluding hydrogens is 196 g/mol. The summed E-state index contributed by atoms with van der Waals surface area (Å²) >= 11 is 6.02. The molecule has 0 aromatic heterocycles. The van der Waals surface area contributed by atoms with Crippen LogP contribution >= 0.6 is 11.6 Å². The van der Waals surface area contributed by atoms with E-state index in [2.05, 4.69) is 5.73 Å². The third-order valence-corrected chi connectivity index (χ3v) is 2.38. The molecule has 1 aromatic carbocycles. The van der Waals surface area contributed by atoms with Gasteiger partial charge in [0.15, 0.2) is 6.29 Å². The number of hydrogen-bond donors (Lipinski definition) is 0. The van der Waals surface area contributed by atoms with Gasteiger partial charge < -0.3 is 0 Å². The van der Waals surface area contributed by atoms with Gasteiger partial charge in [-0.2, -0.15) is 0 Å². The number of hydrogen-bond acceptors (Lipinski definition) is 1. The fourth-order valence-electron chi connectivity index (χ4n) is 1.40. The molecule has 0 N–H and O–H groups in total. The minimum Gasteiger partial charge on any atom is -0.298 e. The average molecular weight is 203 g/mol. The summed E-state index contributed by atoms with van der Waals surface area (Å²) in [5.74, 6) is 0. The number of fused-ring (bicyclic) bond motifs is 1. The van der Waals surface area contributed by atoms with E-state index in [1.807, 2.05) is 24.3 Å². The summed E-state index contributed by atoms with van der Waals surface area (Å²) in [5.41, 5.74) is 3.46. The van der Waals surface area contributed by atoms with E-state index in [0.717, 1.165) is 16.7 Å². The van der Waals surface area contributed by atoms with E-state index < -0.39 is 0 Å². The van der Waals surface area contributed by atoms with Gasteiger partial charge in [0.25, 0.3) is 0 Å². The Bertz CT molecular complexity index is 560. The highest BCUT2D eigenvalue weighted by atomic mass is 35.5. The zero-order valence-corrected chi connectivity index (χ0v) is 8.08. The fraction of sp³-hybridized carbons (Fsp3) is 0. The SMILES string of the molecule is O=CC1=c2ccccc2=C(Cl)C=C=C1. The summed E-state index contributed by atoms with van der Waals surface area (Å²) in [6, 6.07) is 7.53. The largest absolute Gasteiger partial charge is 0.298 e. The second kappa shape index (κ2) is 3.67. The van der Waals surface area contributed by atoms with Crippen LogP contribution in [-0.2, 0) is 4.79 Å². The second-order valence-corrected chi connectivity index (χ2v) is 3.33. The predicted octanol–water partition coefficient (Wildman–Crippen LogP) is 1.11. The summed E-state index contributed by atoms with van der Waals surface area (Å²) in [7, 11) is 0. The Morgan fingerprint density at radius 1 is 1.14 bits per heavy atom. The number of carbonyl (C=O) groups is 1. The molecule has 0 amide bonds. The molecule has 0 saturated heterocycles. The minimum absolute atomic E-state index is 0.604. The van der Waals surface area contributed by atoms with Crippen LogP contribution < -0.4 is 10.4 Å². The summed E-state index contributed by atoms with van der Waals surface area (Å²) in [6.07, 6.45) is 4.12. The maximum absolute atomic E-state index is 10.8. The van der Waals surface area contributed by atoms with Crippen molar-refractivity contribution in [2.45, 2.75) is 0 Å². The first kappa shape index (κ1) is 9.01. The molecule has 14 heavy (non-hydrogen) atoms. The Balaban J connectivity index is 3.06. The first-order valence-corrected chi connectivity index (χ1v) is 4.57. The highest BCUT2D eigenvalue weighted by Crippen LogP contribution is 2.02. The van der Waals surface area contributed by atoms with E-state index in [9.17, 15) is 4.79 Å². The smallest absolute Gasteiger partial charge is 0.151 e. The van der Waals surface area contributed by atoms with Gasteiger partial charge in [0.05, 0.1) is 5.03 Å². The average Bonchev–Trinajstić information content (AvgIpc) is 2.39. The molecule has 68 valence electrons. The molecule has 0 aliphatic heterocycles. The predicted molar refractivity (Wildman–Crippen MR) is 57.1 cm³/mol. The van der Waals surface area contributed by atoms with E-state index >= 15 is 0 Å². The quantitative estimate of drug-likeness (QED) is 0.493. The normalized spacial score (nSPS) is 13.8. The molecule has 2 rings (SSSR count). The number of halogens is 1. The van der Waals surface area contributed by atoms with Crippen molar-refractivity contribution in [3.63, 3.8) is 0 Å². The maximum Gasteiger partial charge on any atom is 0.151 e. The molecule has 0 atom stereocenters. The number of allylic oxidation sites excluding steroid dienone is 1. The van der Waals surface area contributed by atoms with E-state index in [-0.39, 0.29) is 0 Å². The lowest BCUT2D eigenvalue weighted by Crippen LogP contribution is -2.27. The van der Waals surface area contributed by atoms with Crippen LogP contribution in [0.2, 0.25) is 0 Å². The van der Waals surface area contributed by atoms with E-state index in [1.165, 1.54) is 0 Å². The fourth-order valence-corrected chi connectivity index (χ4v) is 1.63. The third kappa shape index (κ3) is 1.44. The second-order valence-electron chi connectivity index (χ2n) is 2.92. The number of carbonyl (C=O) groups excluding carboxylic acids is 1. The Hall–Kier alpha value is -1.56. The van der Waals surface area contributed by atoms with E-state index in [1.54, 1.807) is 12.2 Å². The lowest BCUT2D eigenvalue weighted by Gasteiger charge is -1.92. The first-order chi connectivity index (χ1) is 6.83. The Morgan fingerprint density at radius 3 is 2.57 bits per heavy atom. The van der Waals surface area contributed by atoms with Gasteiger partial charge in [0, 0.05) is 10.8 Å². The summed E-state index contributed by atoms with van der Waals surface area (Å²) in [4.78, 5) is 10.8. The molecule has 1 aliphatic carbocycles. The molecule has 0 spiro atoms. The molecule has 0 unspecified atom stereocenters. The van der Waals surface area contributed by atoms with E-state index in [0.29, 0.717) is 10.6 Å². The molecule has 2 heteroatoms. The van der Waals surface area contributed by atoms with Crippen molar-refractivity contribution < 1.29 is 4.79 Å². The summed E-state index contributed by atoms with van der Waals surface area (Å²) in [6.45, 7) is 0. The molecule has 0 fully saturated rings. The monoisotopic (exact) mass is 202 g/mol. The third-order valence-electron chi connectivity index (χ3n) is 2.07. The van der Waals surface area contributed by atoms with Gasteiger partial charge in [-0.05, 0) is 17.4 Å². The van der Waals surface area contributed by atoms with Crippen molar-refractivity contribution in [2.24, 2.45) is 0 Å². The summed E-state index contributed by atoms with van der Waals surface area (Å²) < 4.78 is 0. The Kier molecular flexibility index (Phi) is 2.36. The highest BCUT2D eigenvalue weighted by Gasteiger charge is 1.98. The zero-order valence-electron chi connectivity index (χ0n) is 7.33. The van der Waals surface area contributed by atoms with Gasteiger partial charge in [-0.15, -0.1) is 5.73 Å². The van der Waals surface area contributed by atoms with Crippen molar-refractivity contribution in [2.75, 3.05) is 0 Å². The lowest BCUT2D eigenvalue weighted by molar-refractivity contribution is -0.103. The van der Waals surface area contributed by atoms with Crippen molar-refractivity contribution in [3.05, 3.63) is 52.6 Å². The van der Waals surface area contributed by atoms with Crippen LogP contribution in [0.15, 0.2) is 42.1 Å². The minimum atomic E-state index is 0.604. The maximum atomic E-state index is 10.8. The van der Waals surface area contributed by atoms with Crippen LogP contribution in [0.25, 0.3) is 10.6 Å². The van der Waals surface area contributed by atoms with Crippen LogP contribution in [0.1, 0.15) is 0 Å². The molecular formula is C12H7ClO. The van der Waals surface area contributed by atoms with Crippen molar-refractivity contribution >= 4 is 28.5 Å². The zero-order chi connectivity index (χ0) is 9.97. The topological polar surface area (TPSA) is 17.1 Å². The number of rotatable bonds is 1. The number of aldehydes is 1. The van der Waals surface area contributed by atoms with Gasteiger partial charge in [-0.3, -0.25) is 4.79 Å². The molecule has 1 aliphatic rings. The first-order valence-electron chi connectivity index (χ1n) is 4.20. The van der Waals surface area contributed by atoms with Crippen molar-refractivity contribution in [1.82, 2.24) is 0 Å². The van der Waals surface area contributed by atoms with Gasteiger partial charge in [-0.1, -0.05) is 35.9 Å². The van der Waals surface area contributed by atoms with Crippen LogP contribution in [0.3, 0.4) is 0 Å². The molecule has 0 bridgehead atoms. The van der Waals surface area contributed by atoms with Crippen LogP contribution in [0, 0.1) is 0 Å². The van der Waals surface area contributed by atoms with Gasteiger partial charge >= 0.3 is 0 Å². The van der Waals surface area contributed by atoms with Crippen molar-refractivity contribution in [1.29, 1.82) is 0 Å². The Morgan fingerprint density at radius 2 is 1.86 bits per heavy atom.